The number of ether oxygens (including phenoxy) is 2. The Morgan fingerprint density at radius 1 is 1.26 bits per heavy atom. The van der Waals surface area contributed by atoms with Gasteiger partial charge in [-0.3, -0.25) is 14.2 Å². The molecule has 1 aliphatic rings. The molecule has 2 aromatic carbocycles. The Morgan fingerprint density at radius 3 is 2.76 bits per heavy atom. The van der Waals surface area contributed by atoms with Crippen LogP contribution in [0.4, 0.5) is 4.39 Å². The van der Waals surface area contributed by atoms with E-state index in [1.165, 1.54) is 28.5 Å². The third-order valence-electron chi connectivity index (χ3n) is 5.57. The maximum atomic E-state index is 13.6. The summed E-state index contributed by atoms with van der Waals surface area (Å²) in [5.74, 6) is -0.636. The summed E-state index contributed by atoms with van der Waals surface area (Å²) in [5, 5.41) is 2.80. The van der Waals surface area contributed by atoms with Crippen LogP contribution >= 0.6 is 11.8 Å². The van der Waals surface area contributed by atoms with Crippen molar-refractivity contribution >= 4 is 17.7 Å². The van der Waals surface area contributed by atoms with Gasteiger partial charge in [0.25, 0.3) is 11.5 Å². The lowest BCUT2D eigenvalue weighted by molar-refractivity contribution is -0.0567. The normalized spacial score (nSPS) is 14.4. The first-order valence-corrected chi connectivity index (χ1v) is 12.1. The number of rotatable bonds is 7. The monoisotopic (exact) mass is 483 g/mol. The number of halogens is 1. The van der Waals surface area contributed by atoms with E-state index in [-0.39, 0.29) is 30.4 Å². The molecule has 1 aromatic heterocycles. The molecule has 0 saturated carbocycles. The molecule has 9 heteroatoms. The van der Waals surface area contributed by atoms with Crippen molar-refractivity contribution in [3.8, 4) is 5.75 Å². The molecule has 0 spiro atoms. The van der Waals surface area contributed by atoms with Gasteiger partial charge in [0.2, 0.25) is 5.75 Å². The van der Waals surface area contributed by atoms with Gasteiger partial charge in [0, 0.05) is 11.4 Å². The fourth-order valence-electron chi connectivity index (χ4n) is 3.80. The van der Waals surface area contributed by atoms with Gasteiger partial charge >= 0.3 is 0 Å². The molecule has 34 heavy (non-hydrogen) atoms. The first-order valence-electron chi connectivity index (χ1n) is 10.9. The topological polar surface area (TPSA) is 82.5 Å². The summed E-state index contributed by atoms with van der Waals surface area (Å²) in [6.45, 7) is 4.55. The summed E-state index contributed by atoms with van der Waals surface area (Å²) in [6.07, 6.45) is 1.84. The van der Waals surface area contributed by atoms with Crippen LogP contribution < -0.4 is 15.6 Å². The number of thioether (sulfide) groups is 1. The molecule has 1 N–H and O–H groups in total. The predicted molar refractivity (Wildman–Crippen MR) is 128 cm³/mol. The van der Waals surface area contributed by atoms with Gasteiger partial charge in [-0.2, -0.15) is 0 Å². The average Bonchev–Trinajstić information content (AvgIpc) is 2.83. The quantitative estimate of drug-likeness (QED) is 0.514. The van der Waals surface area contributed by atoms with E-state index in [2.05, 4.69) is 10.3 Å². The van der Waals surface area contributed by atoms with Gasteiger partial charge in [-0.25, -0.2) is 9.37 Å². The van der Waals surface area contributed by atoms with Gasteiger partial charge in [0.15, 0.2) is 5.69 Å². The summed E-state index contributed by atoms with van der Waals surface area (Å²) < 4.78 is 26.7. The minimum atomic E-state index is -0.840. The molecular formula is C25H26FN3O4S. The zero-order valence-electron chi connectivity index (χ0n) is 19.3. The van der Waals surface area contributed by atoms with Crippen molar-refractivity contribution < 1.29 is 18.7 Å². The minimum Gasteiger partial charge on any atom is -0.481 e. The Bertz CT molecular complexity index is 1260. The lowest BCUT2D eigenvalue weighted by Gasteiger charge is -2.32. The predicted octanol–water partition coefficient (Wildman–Crippen LogP) is 3.88. The molecule has 3 aromatic rings. The van der Waals surface area contributed by atoms with Gasteiger partial charge in [-0.15, -0.1) is 11.8 Å². The molecule has 0 bridgehead atoms. The van der Waals surface area contributed by atoms with Crippen molar-refractivity contribution in [3.63, 3.8) is 0 Å². The summed E-state index contributed by atoms with van der Waals surface area (Å²) in [7, 11) is 0. The van der Waals surface area contributed by atoms with Crippen molar-refractivity contribution in [1.29, 1.82) is 0 Å². The summed E-state index contributed by atoms with van der Waals surface area (Å²) in [4.78, 5) is 31.9. The second kappa shape index (κ2) is 9.99. The molecule has 4 rings (SSSR count). The van der Waals surface area contributed by atoms with E-state index in [0.717, 1.165) is 11.1 Å². The molecule has 0 radical (unpaired) electrons. The fraction of sp³-hybridized carbons (Fsp3) is 0.320. The average molecular weight is 484 g/mol. The number of carbonyl (C=O) groups excluding carboxylic acids is 1. The van der Waals surface area contributed by atoms with Gasteiger partial charge in [-0.05, 0) is 43.4 Å². The van der Waals surface area contributed by atoms with Gasteiger partial charge in [0.1, 0.15) is 23.8 Å². The van der Waals surface area contributed by atoms with E-state index in [1.54, 1.807) is 19.9 Å². The second-order valence-electron chi connectivity index (χ2n) is 8.34. The first-order chi connectivity index (χ1) is 16.3. The van der Waals surface area contributed by atoms with Crippen molar-refractivity contribution in [1.82, 2.24) is 14.9 Å². The van der Waals surface area contributed by atoms with Crippen LogP contribution in [-0.2, 0) is 30.0 Å². The summed E-state index contributed by atoms with van der Waals surface area (Å²) in [6, 6.07) is 13.8. The van der Waals surface area contributed by atoms with Gasteiger partial charge < -0.3 is 14.8 Å². The van der Waals surface area contributed by atoms with E-state index in [4.69, 9.17) is 9.47 Å². The fourth-order valence-corrected chi connectivity index (χ4v) is 4.43. The van der Waals surface area contributed by atoms with E-state index < -0.39 is 17.1 Å². The Labute approximate surface area is 201 Å². The highest BCUT2D eigenvalue weighted by Crippen LogP contribution is 2.28. The Hall–Kier alpha value is -3.17. The Kier molecular flexibility index (Phi) is 7.04. The molecule has 0 aliphatic carbocycles. The minimum absolute atomic E-state index is 0.0985. The number of hydrogen-bond acceptors (Lipinski definition) is 6. The van der Waals surface area contributed by atoms with Crippen molar-refractivity contribution in [3.05, 3.63) is 87.3 Å². The van der Waals surface area contributed by atoms with Crippen LogP contribution in [0.5, 0.6) is 5.75 Å². The standard InChI is InChI=1S/C25H26FN3O4S/c1-25(2)24-28-20(22(30)27-14-17-9-10-18(26)13-19(17)34-3)21(23(31)29(24)11-12-33-25)32-15-16-7-5-4-6-8-16/h4-10,13H,11-12,14-15H2,1-3H3,(H,27,30). The molecule has 1 amide bonds. The SMILES string of the molecule is CSc1cc(F)ccc1CNC(=O)c1nc2n(c(=O)c1OCc1ccccc1)CCOC2(C)C. The number of nitrogens with one attached hydrogen (secondary N) is 1. The van der Waals surface area contributed by atoms with E-state index in [9.17, 15) is 14.0 Å². The van der Waals surface area contributed by atoms with Crippen LogP contribution in [0.1, 0.15) is 41.3 Å². The number of aromatic nitrogens is 2. The van der Waals surface area contributed by atoms with Gasteiger partial charge in [-0.1, -0.05) is 36.4 Å². The smallest absolute Gasteiger partial charge is 0.296 e. The highest BCUT2D eigenvalue weighted by molar-refractivity contribution is 7.98. The van der Waals surface area contributed by atoms with Gasteiger partial charge in [0.05, 0.1) is 13.2 Å². The largest absolute Gasteiger partial charge is 0.481 e. The molecule has 0 unspecified atom stereocenters. The summed E-state index contributed by atoms with van der Waals surface area (Å²) in [5.41, 5.74) is 0.253. The van der Waals surface area contributed by atoms with Crippen LogP contribution in [0.2, 0.25) is 0 Å². The second-order valence-corrected chi connectivity index (χ2v) is 9.19. The maximum absolute atomic E-state index is 13.6. The third-order valence-corrected chi connectivity index (χ3v) is 6.39. The number of hydrogen-bond donors (Lipinski definition) is 1. The van der Waals surface area contributed by atoms with Crippen LogP contribution in [0.3, 0.4) is 0 Å². The lowest BCUT2D eigenvalue weighted by Crippen LogP contribution is -2.43. The number of carbonyl (C=O) groups is 1. The molecule has 0 saturated heterocycles. The van der Waals surface area contributed by atoms with Crippen LogP contribution in [0, 0.1) is 5.82 Å². The third kappa shape index (κ3) is 5.00. The number of amides is 1. The molecule has 178 valence electrons. The number of nitrogens with zero attached hydrogens (tertiary/aromatic N) is 2. The van der Waals surface area contributed by atoms with Crippen LogP contribution in [0.15, 0.2) is 58.2 Å². The lowest BCUT2D eigenvalue weighted by atomic mass is 10.1. The van der Waals surface area contributed by atoms with Crippen LogP contribution in [-0.4, -0.2) is 28.3 Å². The highest BCUT2D eigenvalue weighted by Gasteiger charge is 2.35. The Morgan fingerprint density at radius 2 is 2.03 bits per heavy atom. The van der Waals surface area contributed by atoms with Crippen molar-refractivity contribution in [2.75, 3.05) is 12.9 Å². The molecule has 7 nitrogen and oxygen atoms in total. The highest BCUT2D eigenvalue weighted by atomic mass is 32.2. The maximum Gasteiger partial charge on any atom is 0.296 e. The summed E-state index contributed by atoms with van der Waals surface area (Å²) >= 11 is 1.39. The van der Waals surface area contributed by atoms with Crippen LogP contribution in [0.25, 0.3) is 0 Å². The Balaban J connectivity index is 1.68. The van der Waals surface area contributed by atoms with E-state index in [0.29, 0.717) is 23.9 Å². The molecule has 1 aliphatic heterocycles. The van der Waals surface area contributed by atoms with Crippen molar-refractivity contribution in [2.24, 2.45) is 0 Å². The molecule has 2 heterocycles. The first kappa shape index (κ1) is 24.0. The van der Waals surface area contributed by atoms with E-state index in [1.807, 2.05) is 36.6 Å². The molecule has 0 fully saturated rings. The van der Waals surface area contributed by atoms with Crippen molar-refractivity contribution in [2.45, 2.75) is 44.0 Å². The molecule has 0 atom stereocenters. The zero-order chi connectivity index (χ0) is 24.3. The number of fused-ring (bicyclic) bond motifs is 1. The van der Waals surface area contributed by atoms with E-state index >= 15 is 0 Å². The molecular weight excluding hydrogens is 457 g/mol. The number of benzene rings is 2. The zero-order valence-corrected chi connectivity index (χ0v) is 20.1.